The van der Waals surface area contributed by atoms with Gasteiger partial charge < -0.3 is 5.32 Å². The SMILES string of the molecule is Cc1cc(NC(=O)c2cccc(Cl)c2)ccc1F. The van der Waals surface area contributed by atoms with Crippen molar-refractivity contribution in [2.75, 3.05) is 5.32 Å². The molecule has 92 valence electrons. The van der Waals surface area contributed by atoms with Crippen molar-refractivity contribution in [3.63, 3.8) is 0 Å². The van der Waals surface area contributed by atoms with Gasteiger partial charge in [0.15, 0.2) is 0 Å². The summed E-state index contributed by atoms with van der Waals surface area (Å²) in [6.07, 6.45) is 0. The molecule has 0 aromatic heterocycles. The predicted octanol–water partition coefficient (Wildman–Crippen LogP) is 4.04. The van der Waals surface area contributed by atoms with Gasteiger partial charge in [-0.1, -0.05) is 17.7 Å². The maximum atomic E-state index is 13.1. The van der Waals surface area contributed by atoms with Gasteiger partial charge in [0.1, 0.15) is 5.82 Å². The van der Waals surface area contributed by atoms with Gasteiger partial charge in [-0.2, -0.15) is 0 Å². The van der Waals surface area contributed by atoms with Crippen molar-refractivity contribution in [2.24, 2.45) is 0 Å². The average Bonchev–Trinajstić information content (AvgIpc) is 2.34. The first-order valence-corrected chi connectivity index (χ1v) is 5.77. The van der Waals surface area contributed by atoms with Crippen LogP contribution in [0.1, 0.15) is 15.9 Å². The summed E-state index contributed by atoms with van der Waals surface area (Å²) >= 11 is 5.81. The molecule has 0 atom stereocenters. The van der Waals surface area contributed by atoms with E-state index in [1.807, 2.05) is 0 Å². The molecular formula is C14H11ClFNO. The molecule has 1 N–H and O–H groups in total. The average molecular weight is 264 g/mol. The minimum atomic E-state index is -0.296. The maximum Gasteiger partial charge on any atom is 0.255 e. The fraction of sp³-hybridized carbons (Fsp3) is 0.0714. The first-order valence-electron chi connectivity index (χ1n) is 5.39. The molecule has 0 fully saturated rings. The molecular weight excluding hydrogens is 253 g/mol. The molecule has 0 saturated heterocycles. The maximum absolute atomic E-state index is 13.1. The summed E-state index contributed by atoms with van der Waals surface area (Å²) in [6, 6.07) is 11.1. The highest BCUT2D eigenvalue weighted by atomic mass is 35.5. The molecule has 0 aliphatic rings. The van der Waals surface area contributed by atoms with Crippen LogP contribution in [-0.4, -0.2) is 5.91 Å². The lowest BCUT2D eigenvalue weighted by Gasteiger charge is -2.06. The van der Waals surface area contributed by atoms with Gasteiger partial charge in [0.2, 0.25) is 0 Å². The first kappa shape index (κ1) is 12.6. The van der Waals surface area contributed by atoms with E-state index >= 15 is 0 Å². The normalized spacial score (nSPS) is 10.2. The Morgan fingerprint density at radius 1 is 1.22 bits per heavy atom. The Bertz CT molecular complexity index is 598. The van der Waals surface area contributed by atoms with E-state index in [2.05, 4.69) is 5.32 Å². The minimum absolute atomic E-state index is 0.275. The zero-order valence-corrected chi connectivity index (χ0v) is 10.5. The van der Waals surface area contributed by atoms with Gasteiger partial charge in [0.25, 0.3) is 5.91 Å². The quantitative estimate of drug-likeness (QED) is 0.870. The molecule has 0 aliphatic carbocycles. The van der Waals surface area contributed by atoms with Crippen LogP contribution in [0.15, 0.2) is 42.5 Å². The van der Waals surface area contributed by atoms with Crippen LogP contribution in [0.25, 0.3) is 0 Å². The van der Waals surface area contributed by atoms with Crippen molar-refractivity contribution in [3.05, 3.63) is 64.4 Å². The molecule has 0 radical (unpaired) electrons. The number of rotatable bonds is 2. The molecule has 0 heterocycles. The highest BCUT2D eigenvalue weighted by Crippen LogP contribution is 2.16. The lowest BCUT2D eigenvalue weighted by Crippen LogP contribution is -2.11. The summed E-state index contributed by atoms with van der Waals surface area (Å²) in [4.78, 5) is 11.9. The van der Waals surface area contributed by atoms with Crippen LogP contribution >= 0.6 is 11.6 Å². The topological polar surface area (TPSA) is 29.1 Å². The Morgan fingerprint density at radius 2 is 2.00 bits per heavy atom. The Hall–Kier alpha value is -1.87. The molecule has 0 aliphatic heterocycles. The third-order valence-corrected chi connectivity index (χ3v) is 2.74. The Labute approximate surface area is 109 Å². The van der Waals surface area contributed by atoms with E-state index in [1.54, 1.807) is 37.3 Å². The molecule has 4 heteroatoms. The second-order valence-electron chi connectivity index (χ2n) is 3.93. The number of anilines is 1. The van der Waals surface area contributed by atoms with Gasteiger partial charge >= 0.3 is 0 Å². The number of hydrogen-bond donors (Lipinski definition) is 1. The van der Waals surface area contributed by atoms with Crippen molar-refractivity contribution in [2.45, 2.75) is 6.92 Å². The molecule has 1 amide bonds. The summed E-state index contributed by atoms with van der Waals surface area (Å²) in [6.45, 7) is 1.64. The molecule has 0 bridgehead atoms. The van der Waals surface area contributed by atoms with Crippen molar-refractivity contribution in [1.82, 2.24) is 0 Å². The van der Waals surface area contributed by atoms with E-state index in [9.17, 15) is 9.18 Å². The highest BCUT2D eigenvalue weighted by Gasteiger charge is 2.07. The Morgan fingerprint density at radius 3 is 2.67 bits per heavy atom. The van der Waals surface area contributed by atoms with E-state index in [-0.39, 0.29) is 11.7 Å². The van der Waals surface area contributed by atoms with Gasteiger partial charge in [-0.3, -0.25) is 4.79 Å². The number of hydrogen-bond acceptors (Lipinski definition) is 1. The number of halogens is 2. The summed E-state index contributed by atoms with van der Waals surface area (Å²) in [7, 11) is 0. The van der Waals surface area contributed by atoms with E-state index < -0.39 is 0 Å². The highest BCUT2D eigenvalue weighted by molar-refractivity contribution is 6.31. The molecule has 0 spiro atoms. The summed E-state index contributed by atoms with van der Waals surface area (Å²) in [5.41, 5.74) is 1.50. The second-order valence-corrected chi connectivity index (χ2v) is 4.36. The number of aryl methyl sites for hydroxylation is 1. The van der Waals surface area contributed by atoms with Crippen LogP contribution in [0, 0.1) is 12.7 Å². The van der Waals surface area contributed by atoms with E-state index in [0.29, 0.717) is 21.8 Å². The van der Waals surface area contributed by atoms with Gasteiger partial charge in [-0.25, -0.2) is 4.39 Å². The number of carbonyl (C=O) groups excluding carboxylic acids is 1. The largest absolute Gasteiger partial charge is 0.322 e. The van der Waals surface area contributed by atoms with Gasteiger partial charge in [0.05, 0.1) is 0 Å². The van der Waals surface area contributed by atoms with Crippen LogP contribution in [0.5, 0.6) is 0 Å². The van der Waals surface area contributed by atoms with Crippen molar-refractivity contribution >= 4 is 23.2 Å². The van der Waals surface area contributed by atoms with Crippen LogP contribution < -0.4 is 5.32 Å². The van der Waals surface area contributed by atoms with Gasteiger partial charge in [-0.05, 0) is 48.9 Å². The van der Waals surface area contributed by atoms with E-state index in [4.69, 9.17) is 11.6 Å². The molecule has 0 saturated carbocycles. The van der Waals surface area contributed by atoms with Crippen molar-refractivity contribution in [1.29, 1.82) is 0 Å². The number of carbonyl (C=O) groups is 1. The zero-order chi connectivity index (χ0) is 13.1. The molecule has 18 heavy (non-hydrogen) atoms. The minimum Gasteiger partial charge on any atom is -0.322 e. The zero-order valence-electron chi connectivity index (χ0n) is 9.71. The van der Waals surface area contributed by atoms with E-state index in [1.165, 1.54) is 12.1 Å². The first-order chi connectivity index (χ1) is 8.56. The fourth-order valence-corrected chi connectivity index (χ4v) is 1.75. The van der Waals surface area contributed by atoms with Crippen LogP contribution in [0.3, 0.4) is 0 Å². The third kappa shape index (κ3) is 2.87. The van der Waals surface area contributed by atoms with Gasteiger partial charge in [-0.15, -0.1) is 0 Å². The Balaban J connectivity index is 2.18. The molecule has 2 rings (SSSR count). The predicted molar refractivity (Wildman–Crippen MR) is 70.5 cm³/mol. The van der Waals surface area contributed by atoms with Crippen LogP contribution in [0.2, 0.25) is 5.02 Å². The van der Waals surface area contributed by atoms with Crippen molar-refractivity contribution < 1.29 is 9.18 Å². The number of benzene rings is 2. The monoisotopic (exact) mass is 263 g/mol. The summed E-state index contributed by atoms with van der Waals surface area (Å²) in [5, 5.41) is 3.19. The standard InChI is InChI=1S/C14H11ClFNO/c1-9-7-12(5-6-13(9)16)17-14(18)10-3-2-4-11(15)8-10/h2-8H,1H3,(H,17,18). The molecule has 2 nitrogen and oxygen atoms in total. The number of amides is 1. The van der Waals surface area contributed by atoms with E-state index in [0.717, 1.165) is 0 Å². The smallest absolute Gasteiger partial charge is 0.255 e. The van der Waals surface area contributed by atoms with Crippen LogP contribution in [-0.2, 0) is 0 Å². The van der Waals surface area contributed by atoms with Crippen LogP contribution in [0.4, 0.5) is 10.1 Å². The van der Waals surface area contributed by atoms with Gasteiger partial charge in [0, 0.05) is 16.3 Å². The lowest BCUT2D eigenvalue weighted by molar-refractivity contribution is 0.102. The summed E-state index contributed by atoms with van der Waals surface area (Å²) in [5.74, 6) is -0.570. The lowest BCUT2D eigenvalue weighted by atomic mass is 10.2. The second kappa shape index (κ2) is 5.19. The number of nitrogens with one attached hydrogen (secondary N) is 1. The summed E-state index contributed by atoms with van der Waals surface area (Å²) < 4.78 is 13.1. The van der Waals surface area contributed by atoms with Crippen molar-refractivity contribution in [3.8, 4) is 0 Å². The molecule has 0 unspecified atom stereocenters. The molecule has 2 aromatic rings. The molecule has 2 aromatic carbocycles. The fourth-order valence-electron chi connectivity index (χ4n) is 1.56. The third-order valence-electron chi connectivity index (χ3n) is 2.50. The Kier molecular flexibility index (Phi) is 3.63.